The lowest BCUT2D eigenvalue weighted by Gasteiger charge is -2.13. The summed E-state index contributed by atoms with van der Waals surface area (Å²) in [6, 6.07) is 2.46. The molecule has 0 saturated heterocycles. The lowest BCUT2D eigenvalue weighted by molar-refractivity contribution is -0.133. The highest BCUT2D eigenvalue weighted by Crippen LogP contribution is 2.47. The van der Waals surface area contributed by atoms with Gasteiger partial charge in [0.15, 0.2) is 16.8 Å². The van der Waals surface area contributed by atoms with Gasteiger partial charge in [-0.3, -0.25) is 4.79 Å². The van der Waals surface area contributed by atoms with E-state index >= 15 is 0 Å². The van der Waals surface area contributed by atoms with E-state index in [9.17, 15) is 13.6 Å². The van der Waals surface area contributed by atoms with Crippen LogP contribution >= 0.6 is 11.8 Å². The van der Waals surface area contributed by atoms with E-state index in [-0.39, 0.29) is 16.7 Å². The summed E-state index contributed by atoms with van der Waals surface area (Å²) in [6.45, 7) is 2.59. The molecule has 0 unspecified atom stereocenters. The standard InChI is InChI=1S/C14H14F2N2O2S/c1-14(4-5-14)7-18-12-9(3-2-8(15)11(12)16)17-13(18)21-6-10(19)20/h2-3H,4-7H2,1H3,(H,19,20). The van der Waals surface area contributed by atoms with Crippen LogP contribution in [-0.2, 0) is 11.3 Å². The van der Waals surface area contributed by atoms with Crippen molar-refractivity contribution in [3.8, 4) is 0 Å². The maximum Gasteiger partial charge on any atom is 0.313 e. The molecule has 1 aliphatic rings. The van der Waals surface area contributed by atoms with E-state index in [1.54, 1.807) is 4.57 Å². The van der Waals surface area contributed by atoms with Gasteiger partial charge in [-0.05, 0) is 30.4 Å². The second-order valence-corrected chi connectivity index (χ2v) is 6.65. The fourth-order valence-electron chi connectivity index (χ4n) is 2.27. The number of hydrogen-bond donors (Lipinski definition) is 1. The van der Waals surface area contributed by atoms with Crippen LogP contribution < -0.4 is 0 Å². The first-order valence-electron chi connectivity index (χ1n) is 6.58. The van der Waals surface area contributed by atoms with Crippen molar-refractivity contribution in [2.24, 2.45) is 5.41 Å². The highest BCUT2D eigenvalue weighted by Gasteiger charge is 2.39. The quantitative estimate of drug-likeness (QED) is 0.861. The first-order chi connectivity index (χ1) is 9.89. The molecule has 1 N–H and O–H groups in total. The number of fused-ring (bicyclic) bond motifs is 1. The van der Waals surface area contributed by atoms with Gasteiger partial charge >= 0.3 is 5.97 Å². The van der Waals surface area contributed by atoms with Crippen LogP contribution in [0.25, 0.3) is 11.0 Å². The third-order valence-corrected chi connectivity index (χ3v) is 4.69. The second-order valence-electron chi connectivity index (χ2n) is 5.70. The Kier molecular flexibility index (Phi) is 3.39. The van der Waals surface area contributed by atoms with E-state index in [0.717, 1.165) is 30.7 Å². The van der Waals surface area contributed by atoms with Crippen LogP contribution in [0.15, 0.2) is 17.3 Å². The molecule has 0 amide bonds. The molecule has 112 valence electrons. The monoisotopic (exact) mass is 312 g/mol. The molecule has 0 spiro atoms. The number of carboxylic acid groups (broad SMARTS) is 1. The lowest BCUT2D eigenvalue weighted by atomic mass is 10.1. The molecule has 2 aromatic rings. The maximum absolute atomic E-state index is 14.1. The molecule has 1 heterocycles. The third kappa shape index (κ3) is 2.74. The average Bonchev–Trinajstić information content (AvgIpc) is 3.04. The first-order valence-corrected chi connectivity index (χ1v) is 7.57. The molecule has 1 aromatic carbocycles. The molecular weight excluding hydrogens is 298 g/mol. The smallest absolute Gasteiger partial charge is 0.313 e. The number of aromatic nitrogens is 2. The zero-order valence-corrected chi connectivity index (χ0v) is 12.2. The van der Waals surface area contributed by atoms with E-state index in [4.69, 9.17) is 5.11 Å². The number of imidazole rings is 1. The molecule has 1 saturated carbocycles. The molecule has 21 heavy (non-hydrogen) atoms. The van der Waals surface area contributed by atoms with Crippen molar-refractivity contribution in [2.45, 2.75) is 31.5 Å². The summed E-state index contributed by atoms with van der Waals surface area (Å²) in [6.07, 6.45) is 2.04. The third-order valence-electron chi connectivity index (χ3n) is 3.73. The molecule has 0 atom stereocenters. The zero-order valence-electron chi connectivity index (χ0n) is 11.4. The fraction of sp³-hybridized carbons (Fsp3) is 0.429. The van der Waals surface area contributed by atoms with E-state index < -0.39 is 17.6 Å². The Morgan fingerprint density at radius 1 is 1.48 bits per heavy atom. The van der Waals surface area contributed by atoms with E-state index in [1.165, 1.54) is 6.07 Å². The number of rotatable bonds is 5. The van der Waals surface area contributed by atoms with Crippen molar-refractivity contribution in [3.63, 3.8) is 0 Å². The molecule has 0 bridgehead atoms. The van der Waals surface area contributed by atoms with Crippen molar-refractivity contribution in [2.75, 3.05) is 5.75 Å². The van der Waals surface area contributed by atoms with Gasteiger partial charge in [-0.15, -0.1) is 0 Å². The van der Waals surface area contributed by atoms with Crippen LogP contribution in [0.5, 0.6) is 0 Å². The van der Waals surface area contributed by atoms with Gasteiger partial charge in [0.25, 0.3) is 0 Å². The van der Waals surface area contributed by atoms with Crippen molar-refractivity contribution in [3.05, 3.63) is 23.8 Å². The minimum absolute atomic E-state index is 0.0604. The normalized spacial score (nSPS) is 16.3. The number of thioether (sulfide) groups is 1. The number of aliphatic carboxylic acids is 1. The molecular formula is C14H14F2N2O2S. The summed E-state index contributed by atoms with van der Waals surface area (Å²) in [4.78, 5) is 15.0. The topological polar surface area (TPSA) is 55.1 Å². The van der Waals surface area contributed by atoms with Crippen molar-refractivity contribution < 1.29 is 18.7 Å². The van der Waals surface area contributed by atoms with E-state index in [0.29, 0.717) is 17.2 Å². The van der Waals surface area contributed by atoms with Crippen LogP contribution in [0.1, 0.15) is 19.8 Å². The predicted molar refractivity (Wildman–Crippen MR) is 75.3 cm³/mol. The van der Waals surface area contributed by atoms with E-state index in [1.807, 2.05) is 0 Å². The summed E-state index contributed by atoms with van der Waals surface area (Å²) in [5.41, 5.74) is 0.535. The SMILES string of the molecule is CC1(Cn2c(SCC(=O)O)nc3ccc(F)c(F)c32)CC1. The number of carbonyl (C=O) groups is 1. The van der Waals surface area contributed by atoms with Gasteiger partial charge in [0, 0.05) is 6.54 Å². The lowest BCUT2D eigenvalue weighted by Crippen LogP contribution is -2.11. The fourth-order valence-corrected chi connectivity index (χ4v) is 3.00. The van der Waals surface area contributed by atoms with Gasteiger partial charge in [0.05, 0.1) is 11.3 Å². The molecule has 0 radical (unpaired) electrons. The minimum atomic E-state index is -0.970. The van der Waals surface area contributed by atoms with Gasteiger partial charge in [-0.1, -0.05) is 18.7 Å². The molecule has 7 heteroatoms. The number of halogens is 2. The molecule has 1 fully saturated rings. The minimum Gasteiger partial charge on any atom is -0.481 e. The Bertz CT molecular complexity index is 725. The number of carboxylic acids is 1. The Hall–Kier alpha value is -1.63. The summed E-state index contributed by atoms with van der Waals surface area (Å²) >= 11 is 1.03. The van der Waals surface area contributed by atoms with Crippen LogP contribution in [0.3, 0.4) is 0 Å². The first kappa shape index (κ1) is 14.3. The molecule has 1 aliphatic carbocycles. The number of hydrogen-bond acceptors (Lipinski definition) is 3. The summed E-state index contributed by atoms with van der Waals surface area (Å²) in [7, 11) is 0. The molecule has 3 rings (SSSR count). The van der Waals surface area contributed by atoms with Gasteiger partial charge < -0.3 is 9.67 Å². The van der Waals surface area contributed by atoms with Gasteiger partial charge in [-0.25, -0.2) is 13.8 Å². The molecule has 0 aliphatic heterocycles. The Labute approximate surface area is 124 Å². The number of benzene rings is 1. The second kappa shape index (κ2) is 4.98. The summed E-state index contributed by atoms with van der Waals surface area (Å²) in [5, 5.41) is 9.21. The maximum atomic E-state index is 14.1. The average molecular weight is 312 g/mol. The summed E-state index contributed by atoms with van der Waals surface area (Å²) < 4.78 is 29.2. The van der Waals surface area contributed by atoms with E-state index in [2.05, 4.69) is 11.9 Å². The highest BCUT2D eigenvalue weighted by molar-refractivity contribution is 7.99. The summed E-state index contributed by atoms with van der Waals surface area (Å²) in [5.74, 6) is -2.97. The van der Waals surface area contributed by atoms with Crippen LogP contribution in [-0.4, -0.2) is 26.4 Å². The van der Waals surface area contributed by atoms with Crippen LogP contribution in [0.4, 0.5) is 8.78 Å². The van der Waals surface area contributed by atoms with Crippen molar-refractivity contribution in [1.82, 2.24) is 9.55 Å². The predicted octanol–water partition coefficient (Wildman–Crippen LogP) is 3.29. The van der Waals surface area contributed by atoms with Gasteiger partial charge in [0.1, 0.15) is 5.52 Å². The van der Waals surface area contributed by atoms with Gasteiger partial charge in [-0.2, -0.15) is 0 Å². The largest absolute Gasteiger partial charge is 0.481 e. The van der Waals surface area contributed by atoms with Crippen LogP contribution in [0.2, 0.25) is 0 Å². The highest BCUT2D eigenvalue weighted by atomic mass is 32.2. The van der Waals surface area contributed by atoms with Crippen LogP contribution in [0, 0.1) is 17.0 Å². The Balaban J connectivity index is 2.09. The Morgan fingerprint density at radius 2 is 2.19 bits per heavy atom. The Morgan fingerprint density at radius 3 is 2.81 bits per heavy atom. The molecule has 4 nitrogen and oxygen atoms in total. The van der Waals surface area contributed by atoms with Crippen molar-refractivity contribution >= 4 is 28.8 Å². The number of nitrogens with zero attached hydrogens (tertiary/aromatic N) is 2. The van der Waals surface area contributed by atoms with Crippen molar-refractivity contribution in [1.29, 1.82) is 0 Å². The molecule has 1 aromatic heterocycles. The zero-order chi connectivity index (χ0) is 15.2. The van der Waals surface area contributed by atoms with Gasteiger partial charge in [0.2, 0.25) is 0 Å².